The van der Waals surface area contributed by atoms with Crippen LogP contribution >= 0.6 is 0 Å². The van der Waals surface area contributed by atoms with Crippen LogP contribution in [0.15, 0.2) is 82.9 Å². The maximum Gasteiger partial charge on any atom is 0.215 e. The van der Waals surface area contributed by atoms with Crippen molar-refractivity contribution in [2.24, 2.45) is 11.3 Å². The number of aliphatic hydroxyl groups is 1. The zero-order valence-electron chi connectivity index (χ0n) is 18.2. The van der Waals surface area contributed by atoms with Crippen molar-refractivity contribution >= 4 is 5.78 Å². The third-order valence-corrected chi connectivity index (χ3v) is 6.72. The summed E-state index contributed by atoms with van der Waals surface area (Å²) in [7, 11) is 0. The smallest absolute Gasteiger partial charge is 0.215 e. The molecular weight excluding hydrogens is 376 g/mol. The Morgan fingerprint density at radius 3 is 2.67 bits per heavy atom. The van der Waals surface area contributed by atoms with E-state index in [4.69, 9.17) is 9.47 Å². The Kier molecular flexibility index (Phi) is 5.01. The van der Waals surface area contributed by atoms with Gasteiger partial charge in [-0.25, -0.2) is 0 Å². The minimum atomic E-state index is -1.05. The Morgan fingerprint density at radius 2 is 1.97 bits per heavy atom. The summed E-state index contributed by atoms with van der Waals surface area (Å²) in [5.41, 5.74) is 1.88. The molecule has 158 valence electrons. The number of carbonyl (C=O) groups is 1. The van der Waals surface area contributed by atoms with Crippen LogP contribution in [0.4, 0.5) is 0 Å². The fourth-order valence-electron chi connectivity index (χ4n) is 5.01. The van der Waals surface area contributed by atoms with Crippen LogP contribution in [-0.4, -0.2) is 29.2 Å². The standard InChI is InChI=1S/C26H30O4/c1-16-7-6-8-21(27)11-20-9-10-22(29-15-20)23-19(4)30-26(24(23)28)14-18(3)17(2)13-25(26,5)12-16/h6-7,9-13,18,21,27H,4,8,14-15H2,1-3,5H3/b7-6+,16-12+,20-11-,23-22-/t18-,21+,25-,26+/m0/s1. The number of hydrogen-bond donors (Lipinski definition) is 1. The molecule has 0 aromatic rings. The van der Waals surface area contributed by atoms with Crippen LogP contribution in [0.1, 0.15) is 40.5 Å². The van der Waals surface area contributed by atoms with Gasteiger partial charge in [0.25, 0.3) is 0 Å². The van der Waals surface area contributed by atoms with E-state index in [1.807, 2.05) is 25.2 Å². The molecule has 4 heteroatoms. The third kappa shape index (κ3) is 3.24. The van der Waals surface area contributed by atoms with Crippen molar-refractivity contribution in [1.82, 2.24) is 0 Å². The van der Waals surface area contributed by atoms with Crippen molar-refractivity contribution in [3.8, 4) is 0 Å². The van der Waals surface area contributed by atoms with E-state index in [1.54, 1.807) is 12.2 Å². The molecule has 1 fully saturated rings. The monoisotopic (exact) mass is 406 g/mol. The maximum atomic E-state index is 13.9. The molecule has 1 saturated heterocycles. The Balaban J connectivity index is 1.95. The number of ether oxygens (including phenoxy) is 2. The second kappa shape index (κ2) is 7.28. The van der Waals surface area contributed by atoms with Gasteiger partial charge in [0.05, 0.1) is 11.5 Å². The molecule has 3 heterocycles. The van der Waals surface area contributed by atoms with Gasteiger partial charge in [-0.2, -0.15) is 0 Å². The molecule has 4 bridgehead atoms. The molecule has 2 aliphatic carbocycles. The average Bonchev–Trinajstić information content (AvgIpc) is 2.91. The van der Waals surface area contributed by atoms with E-state index < -0.39 is 17.1 Å². The summed E-state index contributed by atoms with van der Waals surface area (Å²) in [5.74, 6) is 1.01. The van der Waals surface area contributed by atoms with Gasteiger partial charge in [-0.15, -0.1) is 0 Å². The number of Topliss-reactive ketones (excluding diaryl/α,β-unsaturated/α-hetero) is 1. The SMILES string of the molecule is C=C1O[C@@]23C[C@H](C)C(C)=C[C@]2(C)/C=C(C)/C=C/C[C@@H](O)/C=C2C=C/C(=C\1C3=O)OC/2. The zero-order valence-corrected chi connectivity index (χ0v) is 18.2. The molecular formula is C26H30O4. The van der Waals surface area contributed by atoms with Gasteiger partial charge in [0.15, 0.2) is 5.60 Å². The number of aliphatic hydroxyl groups excluding tert-OH is 1. The van der Waals surface area contributed by atoms with Crippen LogP contribution in [0.25, 0.3) is 0 Å². The molecule has 0 saturated carbocycles. The number of hydrogen-bond acceptors (Lipinski definition) is 4. The van der Waals surface area contributed by atoms with Crippen LogP contribution in [0.2, 0.25) is 0 Å². The van der Waals surface area contributed by atoms with Gasteiger partial charge in [0.1, 0.15) is 23.7 Å². The molecule has 1 spiro atoms. The molecule has 3 aliphatic heterocycles. The van der Waals surface area contributed by atoms with Crippen molar-refractivity contribution in [2.75, 3.05) is 6.61 Å². The molecule has 4 nitrogen and oxygen atoms in total. The maximum absolute atomic E-state index is 13.9. The van der Waals surface area contributed by atoms with Crippen molar-refractivity contribution in [2.45, 2.75) is 52.2 Å². The van der Waals surface area contributed by atoms with E-state index in [0.29, 0.717) is 36.5 Å². The van der Waals surface area contributed by atoms with Gasteiger partial charge in [0, 0.05) is 6.42 Å². The summed E-state index contributed by atoms with van der Waals surface area (Å²) in [6.07, 6.45) is 14.2. The van der Waals surface area contributed by atoms with Gasteiger partial charge in [-0.1, -0.05) is 55.0 Å². The van der Waals surface area contributed by atoms with E-state index in [-0.39, 0.29) is 11.7 Å². The van der Waals surface area contributed by atoms with E-state index >= 15 is 0 Å². The van der Waals surface area contributed by atoms with E-state index in [0.717, 1.165) is 11.1 Å². The molecule has 1 N–H and O–H groups in total. The lowest BCUT2D eigenvalue weighted by Crippen LogP contribution is -2.53. The van der Waals surface area contributed by atoms with E-state index in [2.05, 4.69) is 39.5 Å². The first-order valence-electron chi connectivity index (χ1n) is 10.6. The molecule has 4 atom stereocenters. The van der Waals surface area contributed by atoms with Crippen LogP contribution in [0, 0.1) is 11.3 Å². The largest absolute Gasteiger partial charge is 0.488 e. The van der Waals surface area contributed by atoms with Crippen LogP contribution in [0.5, 0.6) is 0 Å². The second-order valence-corrected chi connectivity index (χ2v) is 9.15. The Bertz CT molecular complexity index is 987. The number of allylic oxidation sites excluding steroid dienone is 5. The van der Waals surface area contributed by atoms with Gasteiger partial charge in [0.2, 0.25) is 5.78 Å². The summed E-state index contributed by atoms with van der Waals surface area (Å²) in [6, 6.07) is 0. The van der Waals surface area contributed by atoms with E-state index in [9.17, 15) is 9.90 Å². The normalized spacial score (nSPS) is 43.2. The Labute approximate surface area is 178 Å². The number of rotatable bonds is 0. The third-order valence-electron chi connectivity index (χ3n) is 6.72. The highest BCUT2D eigenvalue weighted by Crippen LogP contribution is 2.55. The summed E-state index contributed by atoms with van der Waals surface area (Å²) >= 11 is 0. The fourth-order valence-corrected chi connectivity index (χ4v) is 5.01. The summed E-state index contributed by atoms with van der Waals surface area (Å²) in [4.78, 5) is 13.9. The van der Waals surface area contributed by atoms with Gasteiger partial charge in [-0.05, 0) is 50.8 Å². The zero-order chi connectivity index (χ0) is 21.7. The summed E-state index contributed by atoms with van der Waals surface area (Å²) < 4.78 is 12.3. The van der Waals surface area contributed by atoms with Gasteiger partial charge >= 0.3 is 0 Å². The Hall–Kier alpha value is -2.59. The van der Waals surface area contributed by atoms with Crippen molar-refractivity contribution < 1.29 is 19.4 Å². The lowest BCUT2D eigenvalue weighted by atomic mass is 9.61. The minimum absolute atomic E-state index is 0.0689. The van der Waals surface area contributed by atoms with E-state index in [1.165, 1.54) is 5.57 Å². The van der Waals surface area contributed by atoms with Crippen molar-refractivity contribution in [3.05, 3.63) is 82.9 Å². The molecule has 30 heavy (non-hydrogen) atoms. The molecule has 5 aliphatic rings. The minimum Gasteiger partial charge on any atom is -0.488 e. The van der Waals surface area contributed by atoms with Gasteiger partial charge in [-0.3, -0.25) is 4.79 Å². The lowest BCUT2D eigenvalue weighted by Gasteiger charge is -2.46. The highest BCUT2D eigenvalue weighted by Gasteiger charge is 2.62. The van der Waals surface area contributed by atoms with Crippen molar-refractivity contribution in [1.29, 1.82) is 0 Å². The molecule has 0 radical (unpaired) electrons. The predicted molar refractivity (Wildman–Crippen MR) is 117 cm³/mol. The van der Waals surface area contributed by atoms with Crippen LogP contribution in [-0.2, 0) is 14.3 Å². The highest BCUT2D eigenvalue weighted by atomic mass is 16.5. The second-order valence-electron chi connectivity index (χ2n) is 9.15. The average molecular weight is 407 g/mol. The highest BCUT2D eigenvalue weighted by molar-refractivity contribution is 6.09. The predicted octanol–water partition coefficient (Wildman–Crippen LogP) is 4.86. The first kappa shape index (κ1) is 20.7. The quantitative estimate of drug-likeness (QED) is 0.584. The summed E-state index contributed by atoms with van der Waals surface area (Å²) in [5, 5.41) is 10.3. The van der Waals surface area contributed by atoms with Crippen LogP contribution in [0.3, 0.4) is 0 Å². The first-order chi connectivity index (χ1) is 14.1. The summed E-state index contributed by atoms with van der Waals surface area (Å²) in [6.45, 7) is 12.7. The first-order valence-corrected chi connectivity index (χ1v) is 10.6. The lowest BCUT2D eigenvalue weighted by molar-refractivity contribution is -0.139. The molecule has 0 amide bonds. The molecule has 5 rings (SSSR count). The van der Waals surface area contributed by atoms with Crippen LogP contribution < -0.4 is 0 Å². The molecule has 0 aromatic heterocycles. The fraction of sp³-hybridized carbons (Fsp3) is 0.423. The number of carbonyl (C=O) groups excluding carboxylic acids is 1. The number of fused-ring (bicyclic) bond motifs is 5. The van der Waals surface area contributed by atoms with Gasteiger partial charge < -0.3 is 14.6 Å². The topological polar surface area (TPSA) is 55.8 Å². The molecule has 0 aromatic carbocycles. The molecule has 0 unspecified atom stereocenters. The van der Waals surface area contributed by atoms with Crippen molar-refractivity contribution in [3.63, 3.8) is 0 Å². The number of ketones is 1. The Morgan fingerprint density at radius 1 is 1.20 bits per heavy atom.